The van der Waals surface area contributed by atoms with Crippen LogP contribution < -0.4 is 9.47 Å². The molecule has 6 heteroatoms. The molecule has 1 aliphatic rings. The van der Waals surface area contributed by atoms with Crippen LogP contribution in [0.5, 0.6) is 11.5 Å². The minimum absolute atomic E-state index is 0.0701. The van der Waals surface area contributed by atoms with Crippen LogP contribution in [-0.2, 0) is 7.05 Å². The number of nitrogens with zero attached hydrogens (tertiary/aromatic N) is 2. The van der Waals surface area contributed by atoms with Gasteiger partial charge in [0.25, 0.3) is 5.91 Å². The third-order valence-corrected chi connectivity index (χ3v) is 5.53. The van der Waals surface area contributed by atoms with E-state index in [0.717, 1.165) is 40.8 Å². The second-order valence-electron chi connectivity index (χ2n) is 7.10. The number of rotatable bonds is 4. The van der Waals surface area contributed by atoms with Crippen LogP contribution in [0.15, 0.2) is 48.7 Å². The third-order valence-electron chi connectivity index (χ3n) is 5.27. The predicted molar refractivity (Wildman–Crippen MR) is 110 cm³/mol. The third kappa shape index (κ3) is 3.67. The van der Waals surface area contributed by atoms with Crippen LogP contribution in [0.4, 0.5) is 0 Å². The molecule has 3 aromatic rings. The van der Waals surface area contributed by atoms with E-state index in [-0.39, 0.29) is 12.0 Å². The number of carbonyl (C=O) groups is 1. The molecule has 0 aliphatic carbocycles. The number of carbonyl (C=O) groups excluding carboxylic acids is 1. The highest BCUT2D eigenvalue weighted by Gasteiger charge is 2.26. The topological polar surface area (TPSA) is 43.7 Å². The number of hydrogen-bond acceptors (Lipinski definition) is 3. The highest BCUT2D eigenvalue weighted by Crippen LogP contribution is 2.27. The van der Waals surface area contributed by atoms with Crippen molar-refractivity contribution in [1.82, 2.24) is 9.47 Å². The Balaban J connectivity index is 1.44. The fourth-order valence-electron chi connectivity index (χ4n) is 3.71. The summed E-state index contributed by atoms with van der Waals surface area (Å²) < 4.78 is 13.3. The van der Waals surface area contributed by atoms with Crippen molar-refractivity contribution in [3.63, 3.8) is 0 Å². The molecule has 0 saturated carbocycles. The van der Waals surface area contributed by atoms with Gasteiger partial charge in [0.2, 0.25) is 0 Å². The molecule has 0 atom stereocenters. The maximum atomic E-state index is 13.1. The fraction of sp³-hybridized carbons (Fsp3) is 0.318. The van der Waals surface area contributed by atoms with Gasteiger partial charge in [0.05, 0.1) is 18.2 Å². The standard InChI is InChI=1S/C22H23ClN2O3/c1-24-14-20(19-8-7-18(27-2)13-21(19)24)22(26)25-11-9-17(10-12-25)28-16-5-3-15(23)4-6-16/h3-8,13-14,17H,9-12H2,1-2H3. The summed E-state index contributed by atoms with van der Waals surface area (Å²) in [5.41, 5.74) is 1.72. The monoisotopic (exact) mass is 398 g/mol. The second kappa shape index (κ2) is 7.76. The van der Waals surface area contributed by atoms with E-state index in [1.54, 1.807) is 7.11 Å². The van der Waals surface area contributed by atoms with Crippen LogP contribution >= 0.6 is 11.6 Å². The van der Waals surface area contributed by atoms with Crippen molar-refractivity contribution in [1.29, 1.82) is 0 Å². The van der Waals surface area contributed by atoms with Crippen LogP contribution in [0.25, 0.3) is 10.9 Å². The summed E-state index contributed by atoms with van der Waals surface area (Å²) in [5, 5.41) is 1.65. The Morgan fingerprint density at radius 3 is 2.43 bits per heavy atom. The lowest BCUT2D eigenvalue weighted by molar-refractivity contribution is 0.0597. The van der Waals surface area contributed by atoms with E-state index < -0.39 is 0 Å². The molecule has 2 aromatic carbocycles. The quantitative estimate of drug-likeness (QED) is 0.648. The maximum absolute atomic E-state index is 13.1. The molecular formula is C22H23ClN2O3. The Hall–Kier alpha value is -2.66. The van der Waals surface area contributed by atoms with Crippen molar-refractivity contribution in [3.8, 4) is 11.5 Å². The highest BCUT2D eigenvalue weighted by molar-refractivity contribution is 6.30. The summed E-state index contributed by atoms with van der Waals surface area (Å²) >= 11 is 5.92. The molecule has 28 heavy (non-hydrogen) atoms. The number of aromatic nitrogens is 1. The zero-order valence-corrected chi connectivity index (χ0v) is 16.8. The summed E-state index contributed by atoms with van der Waals surface area (Å²) in [6.07, 6.45) is 3.64. The van der Waals surface area contributed by atoms with E-state index in [0.29, 0.717) is 18.1 Å². The van der Waals surface area contributed by atoms with E-state index in [1.807, 2.05) is 65.2 Å². The van der Waals surface area contributed by atoms with E-state index in [2.05, 4.69) is 0 Å². The van der Waals surface area contributed by atoms with Crippen molar-refractivity contribution in [2.24, 2.45) is 7.05 Å². The number of halogens is 1. The van der Waals surface area contributed by atoms with E-state index in [9.17, 15) is 4.79 Å². The molecule has 1 saturated heterocycles. The first-order chi connectivity index (χ1) is 13.5. The smallest absolute Gasteiger partial charge is 0.256 e. The lowest BCUT2D eigenvalue weighted by Gasteiger charge is -2.32. The molecule has 0 bridgehead atoms. The number of piperidine rings is 1. The van der Waals surface area contributed by atoms with Gasteiger partial charge in [-0.05, 0) is 36.4 Å². The van der Waals surface area contributed by atoms with E-state index in [1.165, 1.54) is 0 Å². The summed E-state index contributed by atoms with van der Waals surface area (Å²) in [4.78, 5) is 15.0. The molecule has 4 rings (SSSR count). The number of aryl methyl sites for hydroxylation is 1. The number of fused-ring (bicyclic) bond motifs is 1. The van der Waals surface area contributed by atoms with Crippen LogP contribution in [0.3, 0.4) is 0 Å². The molecule has 0 radical (unpaired) electrons. The molecule has 1 fully saturated rings. The number of benzene rings is 2. The molecule has 1 amide bonds. The average molecular weight is 399 g/mol. The van der Waals surface area contributed by atoms with Crippen molar-refractivity contribution in [3.05, 3.63) is 59.2 Å². The van der Waals surface area contributed by atoms with Gasteiger partial charge in [0.1, 0.15) is 17.6 Å². The van der Waals surface area contributed by atoms with Crippen molar-refractivity contribution in [2.75, 3.05) is 20.2 Å². The summed E-state index contributed by atoms with van der Waals surface area (Å²) in [6.45, 7) is 1.37. The normalized spacial score (nSPS) is 15.0. The lowest BCUT2D eigenvalue weighted by Crippen LogP contribution is -2.41. The van der Waals surface area contributed by atoms with Crippen LogP contribution in [-0.4, -0.2) is 41.7 Å². The predicted octanol–water partition coefficient (Wildman–Crippen LogP) is 4.52. The molecule has 0 unspecified atom stereocenters. The molecular weight excluding hydrogens is 376 g/mol. The maximum Gasteiger partial charge on any atom is 0.256 e. The van der Waals surface area contributed by atoms with Gasteiger partial charge in [-0.2, -0.15) is 0 Å². The number of methoxy groups -OCH3 is 1. The Kier molecular flexibility index (Phi) is 5.18. The summed E-state index contributed by atoms with van der Waals surface area (Å²) in [5.74, 6) is 1.67. The van der Waals surface area contributed by atoms with Gasteiger partial charge >= 0.3 is 0 Å². The number of hydrogen-bond donors (Lipinski definition) is 0. The van der Waals surface area contributed by atoms with E-state index >= 15 is 0 Å². The molecule has 0 N–H and O–H groups in total. The summed E-state index contributed by atoms with van der Waals surface area (Å²) in [7, 11) is 3.59. The molecule has 2 heterocycles. The Labute approximate surface area is 169 Å². The van der Waals surface area contributed by atoms with Gasteiger partial charge < -0.3 is 18.9 Å². The zero-order valence-electron chi connectivity index (χ0n) is 16.0. The molecule has 1 aromatic heterocycles. The van der Waals surface area contributed by atoms with Crippen molar-refractivity contribution < 1.29 is 14.3 Å². The molecule has 5 nitrogen and oxygen atoms in total. The van der Waals surface area contributed by atoms with Crippen LogP contribution in [0.1, 0.15) is 23.2 Å². The average Bonchev–Trinajstić information content (AvgIpc) is 3.05. The van der Waals surface area contributed by atoms with E-state index in [4.69, 9.17) is 21.1 Å². The zero-order chi connectivity index (χ0) is 19.7. The Morgan fingerprint density at radius 2 is 1.75 bits per heavy atom. The molecule has 1 aliphatic heterocycles. The van der Waals surface area contributed by atoms with Crippen LogP contribution in [0, 0.1) is 0 Å². The fourth-order valence-corrected chi connectivity index (χ4v) is 3.84. The van der Waals surface area contributed by atoms with Gasteiger partial charge in [-0.25, -0.2) is 0 Å². The van der Waals surface area contributed by atoms with Gasteiger partial charge in [0.15, 0.2) is 0 Å². The van der Waals surface area contributed by atoms with Crippen molar-refractivity contribution >= 4 is 28.4 Å². The number of ether oxygens (including phenoxy) is 2. The number of amides is 1. The van der Waals surface area contributed by atoms with Crippen molar-refractivity contribution in [2.45, 2.75) is 18.9 Å². The van der Waals surface area contributed by atoms with Crippen LogP contribution in [0.2, 0.25) is 5.02 Å². The minimum Gasteiger partial charge on any atom is -0.497 e. The first kappa shape index (κ1) is 18.7. The SMILES string of the molecule is COc1ccc2c(C(=O)N3CCC(Oc4ccc(Cl)cc4)CC3)cn(C)c2c1. The number of likely N-dealkylation sites (tertiary alicyclic amines) is 1. The minimum atomic E-state index is 0.0701. The second-order valence-corrected chi connectivity index (χ2v) is 7.54. The first-order valence-electron chi connectivity index (χ1n) is 9.39. The largest absolute Gasteiger partial charge is 0.497 e. The first-order valence-corrected chi connectivity index (χ1v) is 9.77. The van der Waals surface area contributed by atoms with Gasteiger partial charge in [-0.3, -0.25) is 4.79 Å². The molecule has 0 spiro atoms. The molecule has 146 valence electrons. The van der Waals surface area contributed by atoms with Gasteiger partial charge in [-0.1, -0.05) is 11.6 Å². The summed E-state index contributed by atoms with van der Waals surface area (Å²) in [6, 6.07) is 13.2. The van der Waals surface area contributed by atoms with Gasteiger partial charge in [-0.15, -0.1) is 0 Å². The lowest BCUT2D eigenvalue weighted by atomic mass is 10.1. The Morgan fingerprint density at radius 1 is 1.07 bits per heavy atom. The highest BCUT2D eigenvalue weighted by atomic mass is 35.5. The van der Waals surface area contributed by atoms with Gasteiger partial charge in [0, 0.05) is 55.7 Å². The Bertz CT molecular complexity index is 989.